The Morgan fingerprint density at radius 1 is 0.321 bits per heavy atom. The Balaban J connectivity index is 1.23. The van der Waals surface area contributed by atoms with Crippen molar-refractivity contribution >= 4 is 0 Å². The van der Waals surface area contributed by atoms with Crippen molar-refractivity contribution in [3.63, 3.8) is 0 Å². The van der Waals surface area contributed by atoms with Crippen LogP contribution in [0.25, 0.3) is 55.6 Å². The van der Waals surface area contributed by atoms with Crippen LogP contribution in [0.15, 0.2) is 109 Å². The molecule has 9 rings (SSSR count). The lowest BCUT2D eigenvalue weighted by molar-refractivity contribution is -0.138. The largest absolute Gasteiger partial charge is 0.417 e. The van der Waals surface area contributed by atoms with Crippen LogP contribution in [-0.4, -0.2) is 0 Å². The molecule has 0 heterocycles. The smallest absolute Gasteiger partial charge is 0.166 e. The summed E-state index contributed by atoms with van der Waals surface area (Å²) in [4.78, 5) is 0. The molecule has 3 aliphatic rings. The second kappa shape index (κ2) is 10.5. The second-order valence-electron chi connectivity index (χ2n) is 16.4. The molecule has 0 aliphatic heterocycles. The summed E-state index contributed by atoms with van der Waals surface area (Å²) in [7, 11) is 0. The van der Waals surface area contributed by atoms with Crippen LogP contribution in [0.2, 0.25) is 0 Å². The molecule has 0 saturated carbocycles. The lowest BCUT2D eigenvalue weighted by atomic mass is 9.78. The fourth-order valence-corrected chi connectivity index (χ4v) is 9.51. The van der Waals surface area contributed by atoms with E-state index in [1.165, 1.54) is 0 Å². The summed E-state index contributed by atoms with van der Waals surface area (Å²) in [6.45, 7) is 12.1. The molecule has 266 valence electrons. The third kappa shape index (κ3) is 4.63. The number of hydrogen-bond acceptors (Lipinski definition) is 0. The Hall–Kier alpha value is -5.10. The fourth-order valence-electron chi connectivity index (χ4n) is 9.51. The minimum Gasteiger partial charge on any atom is -0.166 e. The number of benzene rings is 6. The maximum atomic E-state index is 15.1. The highest BCUT2D eigenvalue weighted by atomic mass is 19.4. The first-order chi connectivity index (χ1) is 24.8. The molecule has 3 aliphatic carbocycles. The van der Waals surface area contributed by atoms with Crippen LogP contribution in [0.3, 0.4) is 0 Å². The van der Waals surface area contributed by atoms with Gasteiger partial charge in [-0.05, 0) is 125 Å². The summed E-state index contributed by atoms with van der Waals surface area (Å²) in [6.07, 6.45) is -9.51. The summed E-state index contributed by atoms with van der Waals surface area (Å²) in [5, 5.41) is 0. The van der Waals surface area contributed by atoms with Crippen LogP contribution in [-0.2, 0) is 28.6 Å². The van der Waals surface area contributed by atoms with Gasteiger partial charge in [-0.1, -0.05) is 114 Å². The van der Waals surface area contributed by atoms with E-state index in [1.807, 2.05) is 74.5 Å². The quantitative estimate of drug-likeness (QED) is 0.157. The molecule has 0 saturated heterocycles. The highest BCUT2D eigenvalue weighted by Crippen LogP contribution is 2.57. The van der Waals surface area contributed by atoms with Gasteiger partial charge in [-0.2, -0.15) is 26.3 Å². The SMILES string of the molecule is CC1(C)c2ccccc2-c2ccc(-c3cc4c(cc3C(F)(F)F)-c3cc(C(F)(F)F)c(-c5ccc6c(c5)C(C)(C)c5ccccc5-6)cc3C4(C)C)cc21. The first kappa shape index (κ1) is 33.7. The van der Waals surface area contributed by atoms with Crippen molar-refractivity contribution in [2.24, 2.45) is 0 Å². The van der Waals surface area contributed by atoms with Crippen LogP contribution in [0.1, 0.15) is 86.1 Å². The van der Waals surface area contributed by atoms with Gasteiger partial charge in [-0.15, -0.1) is 0 Å². The topological polar surface area (TPSA) is 0 Å². The zero-order valence-corrected chi connectivity index (χ0v) is 30.2. The average molecular weight is 715 g/mol. The van der Waals surface area contributed by atoms with E-state index in [1.54, 1.807) is 24.3 Å². The van der Waals surface area contributed by atoms with Gasteiger partial charge >= 0.3 is 12.4 Å². The molecule has 0 atom stereocenters. The van der Waals surface area contributed by atoms with E-state index >= 15 is 26.3 Å². The Kier molecular flexibility index (Phi) is 6.69. The van der Waals surface area contributed by atoms with E-state index in [2.05, 4.69) is 39.8 Å². The van der Waals surface area contributed by atoms with Gasteiger partial charge in [0.15, 0.2) is 0 Å². The molecule has 0 unspecified atom stereocenters. The summed E-state index contributed by atoms with van der Waals surface area (Å²) in [6, 6.07) is 32.3. The van der Waals surface area contributed by atoms with Crippen molar-refractivity contribution in [3.05, 3.63) is 154 Å². The lowest BCUT2D eigenvalue weighted by Gasteiger charge is -2.26. The van der Waals surface area contributed by atoms with Crippen LogP contribution < -0.4 is 0 Å². The number of fused-ring (bicyclic) bond motifs is 9. The summed E-state index contributed by atoms with van der Waals surface area (Å²) in [5.74, 6) is 0. The molecule has 0 aromatic heterocycles. The van der Waals surface area contributed by atoms with E-state index < -0.39 is 39.7 Å². The molecule has 0 nitrogen and oxygen atoms in total. The van der Waals surface area contributed by atoms with E-state index in [9.17, 15) is 0 Å². The molecule has 0 N–H and O–H groups in total. The summed E-state index contributed by atoms with van der Waals surface area (Å²) < 4.78 is 90.3. The monoisotopic (exact) mass is 714 g/mol. The van der Waals surface area contributed by atoms with Gasteiger partial charge in [-0.25, -0.2) is 0 Å². The van der Waals surface area contributed by atoms with E-state index in [-0.39, 0.29) is 22.3 Å². The first-order valence-corrected chi connectivity index (χ1v) is 17.8. The molecule has 0 amide bonds. The minimum atomic E-state index is -4.75. The number of rotatable bonds is 2. The van der Waals surface area contributed by atoms with Crippen molar-refractivity contribution < 1.29 is 26.3 Å². The molecular weight excluding hydrogens is 679 g/mol. The van der Waals surface area contributed by atoms with Gasteiger partial charge in [-0.3, -0.25) is 0 Å². The van der Waals surface area contributed by atoms with Gasteiger partial charge in [0, 0.05) is 16.2 Å². The van der Waals surface area contributed by atoms with Crippen molar-refractivity contribution in [1.29, 1.82) is 0 Å². The normalized spacial score (nSPS) is 16.8. The minimum absolute atomic E-state index is 0.0170. The van der Waals surface area contributed by atoms with Crippen molar-refractivity contribution in [2.75, 3.05) is 0 Å². The van der Waals surface area contributed by atoms with Gasteiger partial charge in [0.25, 0.3) is 0 Å². The van der Waals surface area contributed by atoms with Gasteiger partial charge in [0.2, 0.25) is 0 Å². The molecule has 0 radical (unpaired) electrons. The predicted octanol–water partition coefficient (Wildman–Crippen LogP) is 14.0. The predicted molar refractivity (Wildman–Crippen MR) is 200 cm³/mol. The lowest BCUT2D eigenvalue weighted by Crippen LogP contribution is -2.17. The Morgan fingerprint density at radius 3 is 1.02 bits per heavy atom. The molecule has 6 aromatic rings. The molecule has 6 heteroatoms. The Labute approximate surface area is 305 Å². The summed E-state index contributed by atoms with van der Waals surface area (Å²) in [5.41, 5.74) is 7.09. The van der Waals surface area contributed by atoms with Crippen LogP contribution in [0.5, 0.6) is 0 Å². The highest BCUT2D eigenvalue weighted by Gasteiger charge is 2.45. The third-order valence-electron chi connectivity index (χ3n) is 12.4. The molecular formula is C47H36F6. The van der Waals surface area contributed by atoms with Crippen molar-refractivity contribution in [2.45, 2.75) is 70.1 Å². The third-order valence-corrected chi connectivity index (χ3v) is 12.4. The number of alkyl halides is 6. The first-order valence-electron chi connectivity index (χ1n) is 17.8. The fraction of sp³-hybridized carbons (Fsp3) is 0.234. The van der Waals surface area contributed by atoms with Crippen LogP contribution in [0.4, 0.5) is 26.3 Å². The average Bonchev–Trinajstić information content (AvgIpc) is 3.58. The molecule has 53 heavy (non-hydrogen) atoms. The molecule has 0 bridgehead atoms. The molecule has 0 fully saturated rings. The van der Waals surface area contributed by atoms with Gasteiger partial charge in [0.05, 0.1) is 11.1 Å². The standard InChI is InChI=1S/C47H36F6/c1-43(2)35-13-9-7-11-27(35)29-17-15-25(19-37(29)43)31-21-39-33(23-41(31)46(48,49)50)34-24-42(47(51,52)53)32(22-40(34)45(39,5)6)26-16-18-30-28-12-8-10-14-36(28)44(3,4)38(30)20-26/h7-24H,1-6H3. The van der Waals surface area contributed by atoms with Crippen LogP contribution >= 0.6 is 0 Å². The zero-order valence-electron chi connectivity index (χ0n) is 30.2. The highest BCUT2D eigenvalue weighted by molar-refractivity contribution is 5.91. The second-order valence-corrected chi connectivity index (χ2v) is 16.4. The van der Waals surface area contributed by atoms with E-state index in [4.69, 9.17) is 0 Å². The maximum Gasteiger partial charge on any atom is 0.417 e. The van der Waals surface area contributed by atoms with Crippen molar-refractivity contribution in [1.82, 2.24) is 0 Å². The number of hydrogen-bond donors (Lipinski definition) is 0. The number of halogens is 6. The van der Waals surface area contributed by atoms with E-state index in [0.29, 0.717) is 22.3 Å². The van der Waals surface area contributed by atoms with Gasteiger partial charge in [0.1, 0.15) is 0 Å². The molecule has 0 spiro atoms. The zero-order chi connectivity index (χ0) is 37.6. The summed E-state index contributed by atoms with van der Waals surface area (Å²) >= 11 is 0. The van der Waals surface area contributed by atoms with Gasteiger partial charge < -0.3 is 0 Å². The maximum absolute atomic E-state index is 15.1. The van der Waals surface area contributed by atoms with Crippen molar-refractivity contribution in [3.8, 4) is 55.6 Å². The Morgan fingerprint density at radius 2 is 0.642 bits per heavy atom. The van der Waals surface area contributed by atoms with E-state index in [0.717, 1.165) is 56.6 Å². The Bertz CT molecular complexity index is 2380. The van der Waals surface area contributed by atoms with Crippen LogP contribution in [0, 0.1) is 0 Å². The molecule has 6 aromatic carbocycles.